The van der Waals surface area contributed by atoms with Crippen LogP contribution in [-0.4, -0.2) is 23.9 Å². The number of nitrogens with zero attached hydrogens (tertiary/aromatic N) is 4. The molecule has 1 heterocycles. The Hall–Kier alpha value is -2.68. The Morgan fingerprint density at radius 2 is 2.17 bits per heavy atom. The van der Waals surface area contributed by atoms with Crippen molar-refractivity contribution in [1.82, 2.24) is 0 Å². The standard InChI is InChI=1S/C12H10N4O2/c1-9-11(15-18-8-7-13)12(17)16(14-9)10-5-3-2-4-6-10/h2-6H,8H2,1H3. The van der Waals surface area contributed by atoms with E-state index in [0.29, 0.717) is 11.4 Å². The van der Waals surface area contributed by atoms with Crippen LogP contribution in [0.2, 0.25) is 0 Å². The third-order valence-electron chi connectivity index (χ3n) is 2.27. The van der Waals surface area contributed by atoms with Gasteiger partial charge in [0.15, 0.2) is 5.71 Å². The number of amides is 1. The first-order valence-corrected chi connectivity index (χ1v) is 5.26. The molecule has 1 aliphatic rings. The second-order valence-corrected chi connectivity index (χ2v) is 3.51. The predicted molar refractivity (Wildman–Crippen MR) is 66.0 cm³/mol. The number of anilines is 1. The number of benzene rings is 1. The molecule has 0 spiro atoms. The summed E-state index contributed by atoms with van der Waals surface area (Å²) in [4.78, 5) is 16.7. The molecule has 0 atom stereocenters. The first-order chi connectivity index (χ1) is 8.74. The fraction of sp³-hybridized carbons (Fsp3) is 0.167. The summed E-state index contributed by atoms with van der Waals surface area (Å²) in [6, 6.07) is 10.8. The van der Waals surface area contributed by atoms with Gasteiger partial charge in [0.1, 0.15) is 6.07 Å². The molecule has 0 fully saturated rings. The average Bonchev–Trinajstić information content (AvgIpc) is 2.68. The van der Waals surface area contributed by atoms with Crippen molar-refractivity contribution in [3.05, 3.63) is 30.3 Å². The van der Waals surface area contributed by atoms with Gasteiger partial charge in [-0.25, -0.2) is 0 Å². The van der Waals surface area contributed by atoms with E-state index in [1.54, 1.807) is 25.1 Å². The van der Waals surface area contributed by atoms with Gasteiger partial charge >= 0.3 is 5.91 Å². The van der Waals surface area contributed by atoms with Gasteiger partial charge in [-0.1, -0.05) is 23.4 Å². The van der Waals surface area contributed by atoms with Crippen molar-refractivity contribution in [2.24, 2.45) is 10.3 Å². The van der Waals surface area contributed by atoms with Gasteiger partial charge < -0.3 is 4.84 Å². The van der Waals surface area contributed by atoms with Crippen molar-refractivity contribution in [2.45, 2.75) is 6.92 Å². The second kappa shape index (κ2) is 5.10. The molecule has 0 saturated carbocycles. The Morgan fingerprint density at radius 3 is 2.83 bits per heavy atom. The number of oxime groups is 1. The lowest BCUT2D eigenvalue weighted by molar-refractivity contribution is -0.112. The van der Waals surface area contributed by atoms with Crippen LogP contribution in [0.3, 0.4) is 0 Å². The highest BCUT2D eigenvalue weighted by atomic mass is 16.6. The average molecular weight is 242 g/mol. The highest BCUT2D eigenvalue weighted by molar-refractivity contribution is 6.71. The molecule has 0 bridgehead atoms. The highest BCUT2D eigenvalue weighted by Crippen LogP contribution is 2.18. The minimum Gasteiger partial charge on any atom is -0.380 e. The molecule has 18 heavy (non-hydrogen) atoms. The maximum atomic E-state index is 12.0. The Balaban J connectivity index is 2.22. The minimum atomic E-state index is -0.364. The van der Waals surface area contributed by atoms with E-state index in [4.69, 9.17) is 10.1 Å². The van der Waals surface area contributed by atoms with E-state index >= 15 is 0 Å². The lowest BCUT2D eigenvalue weighted by Crippen LogP contribution is -2.27. The lowest BCUT2D eigenvalue weighted by atomic mass is 10.2. The summed E-state index contributed by atoms with van der Waals surface area (Å²) in [5.41, 5.74) is 1.24. The summed E-state index contributed by atoms with van der Waals surface area (Å²) < 4.78 is 0. The predicted octanol–water partition coefficient (Wildman–Crippen LogP) is 1.31. The van der Waals surface area contributed by atoms with Gasteiger partial charge in [-0.3, -0.25) is 4.79 Å². The Labute approximate surface area is 104 Å². The Bertz CT molecular complexity index is 557. The SMILES string of the molecule is CC1=NN(c2ccccc2)C(=O)C1=NOCC#N. The molecule has 0 N–H and O–H groups in total. The number of carbonyl (C=O) groups excluding carboxylic acids is 1. The monoisotopic (exact) mass is 242 g/mol. The topological polar surface area (TPSA) is 78.1 Å². The molecule has 0 aliphatic carbocycles. The van der Waals surface area contributed by atoms with Crippen LogP contribution in [0.25, 0.3) is 0 Å². The summed E-state index contributed by atoms with van der Waals surface area (Å²) in [5.74, 6) is -0.364. The molecule has 6 heteroatoms. The second-order valence-electron chi connectivity index (χ2n) is 3.51. The Kier molecular flexibility index (Phi) is 3.34. The van der Waals surface area contributed by atoms with Gasteiger partial charge in [0.05, 0.1) is 11.4 Å². The maximum Gasteiger partial charge on any atom is 0.302 e. The molecule has 0 saturated heterocycles. The molecule has 1 aromatic rings. The van der Waals surface area contributed by atoms with Gasteiger partial charge in [0.2, 0.25) is 6.61 Å². The van der Waals surface area contributed by atoms with Crippen molar-refractivity contribution < 1.29 is 9.63 Å². The van der Waals surface area contributed by atoms with Crippen LogP contribution in [0.15, 0.2) is 40.6 Å². The van der Waals surface area contributed by atoms with Crippen molar-refractivity contribution in [3.63, 3.8) is 0 Å². The van der Waals surface area contributed by atoms with Gasteiger partial charge in [0, 0.05) is 0 Å². The van der Waals surface area contributed by atoms with E-state index in [9.17, 15) is 4.79 Å². The van der Waals surface area contributed by atoms with Crippen LogP contribution >= 0.6 is 0 Å². The Morgan fingerprint density at radius 1 is 1.44 bits per heavy atom. The summed E-state index contributed by atoms with van der Waals surface area (Å²) in [5, 5.41) is 17.3. The van der Waals surface area contributed by atoms with Crippen molar-refractivity contribution in [1.29, 1.82) is 5.26 Å². The van der Waals surface area contributed by atoms with Crippen molar-refractivity contribution in [2.75, 3.05) is 11.6 Å². The molecular formula is C12H10N4O2. The molecule has 1 amide bonds. The summed E-state index contributed by atoms with van der Waals surface area (Å²) in [6.07, 6.45) is 0. The molecule has 0 radical (unpaired) electrons. The summed E-state index contributed by atoms with van der Waals surface area (Å²) in [7, 11) is 0. The number of hydrogen-bond acceptors (Lipinski definition) is 5. The fourth-order valence-corrected chi connectivity index (χ4v) is 1.47. The zero-order valence-electron chi connectivity index (χ0n) is 9.70. The number of para-hydroxylation sites is 1. The smallest absolute Gasteiger partial charge is 0.302 e. The van der Waals surface area contributed by atoms with Crippen LogP contribution in [0.5, 0.6) is 0 Å². The van der Waals surface area contributed by atoms with Crippen LogP contribution in [0.1, 0.15) is 6.92 Å². The number of rotatable bonds is 3. The van der Waals surface area contributed by atoms with Crippen LogP contribution in [0.4, 0.5) is 5.69 Å². The lowest BCUT2D eigenvalue weighted by Gasteiger charge is -2.10. The molecule has 6 nitrogen and oxygen atoms in total. The quantitative estimate of drug-likeness (QED) is 0.592. The normalized spacial score (nSPS) is 16.7. The molecule has 0 unspecified atom stereocenters. The van der Waals surface area contributed by atoms with Crippen LogP contribution < -0.4 is 5.01 Å². The van der Waals surface area contributed by atoms with Gasteiger partial charge in [-0.05, 0) is 19.1 Å². The molecule has 90 valence electrons. The zero-order valence-corrected chi connectivity index (χ0v) is 9.70. The van der Waals surface area contributed by atoms with E-state index in [0.717, 1.165) is 0 Å². The minimum absolute atomic E-state index is 0.120. The maximum absolute atomic E-state index is 12.0. The highest BCUT2D eigenvalue weighted by Gasteiger charge is 2.31. The number of hydrogen-bond donors (Lipinski definition) is 0. The van der Waals surface area contributed by atoms with Gasteiger partial charge in [-0.15, -0.1) is 0 Å². The van der Waals surface area contributed by atoms with Crippen LogP contribution in [0, 0.1) is 11.3 Å². The molecule has 0 aromatic heterocycles. The van der Waals surface area contributed by atoms with E-state index in [1.165, 1.54) is 5.01 Å². The largest absolute Gasteiger partial charge is 0.380 e. The van der Waals surface area contributed by atoms with Crippen molar-refractivity contribution >= 4 is 23.0 Å². The van der Waals surface area contributed by atoms with E-state index in [-0.39, 0.29) is 18.2 Å². The van der Waals surface area contributed by atoms with Crippen molar-refractivity contribution in [3.8, 4) is 6.07 Å². The molecule has 2 rings (SSSR count). The number of carbonyl (C=O) groups is 1. The number of nitriles is 1. The first kappa shape index (κ1) is 11.8. The van der Waals surface area contributed by atoms with Gasteiger partial charge in [-0.2, -0.15) is 15.4 Å². The van der Waals surface area contributed by atoms with Crippen LogP contribution in [-0.2, 0) is 9.63 Å². The fourth-order valence-electron chi connectivity index (χ4n) is 1.47. The molecule has 1 aliphatic heterocycles. The third kappa shape index (κ3) is 2.20. The summed E-state index contributed by atoms with van der Waals surface area (Å²) >= 11 is 0. The first-order valence-electron chi connectivity index (χ1n) is 5.26. The molecular weight excluding hydrogens is 232 g/mol. The van der Waals surface area contributed by atoms with E-state index < -0.39 is 0 Å². The zero-order chi connectivity index (χ0) is 13.0. The molecule has 1 aromatic carbocycles. The third-order valence-corrected chi connectivity index (χ3v) is 2.27. The van der Waals surface area contributed by atoms with Gasteiger partial charge in [0.25, 0.3) is 0 Å². The number of hydrazone groups is 1. The van der Waals surface area contributed by atoms with E-state index in [2.05, 4.69) is 10.3 Å². The summed E-state index contributed by atoms with van der Waals surface area (Å²) in [6.45, 7) is 1.46. The van der Waals surface area contributed by atoms with E-state index in [1.807, 2.05) is 18.2 Å².